The standard InChI is InChI=1S/C18H25N3O3S/c1-12(2)10-20-16(24-18(4,5)6)11-25-17(20)19-15-8-7-14(21(22)23)9-13(15)3/h7-9,11-12H,10H2,1-6H3. The van der Waals surface area contributed by atoms with Crippen molar-refractivity contribution in [2.45, 2.75) is 53.7 Å². The van der Waals surface area contributed by atoms with Crippen molar-refractivity contribution in [1.82, 2.24) is 4.57 Å². The molecule has 0 fully saturated rings. The highest BCUT2D eigenvalue weighted by Crippen LogP contribution is 2.25. The molecule has 0 aliphatic carbocycles. The quantitative estimate of drug-likeness (QED) is 0.564. The highest BCUT2D eigenvalue weighted by molar-refractivity contribution is 7.07. The molecule has 2 aromatic rings. The second-order valence-corrected chi connectivity index (χ2v) is 8.25. The van der Waals surface area contributed by atoms with Gasteiger partial charge in [0, 0.05) is 18.7 Å². The van der Waals surface area contributed by atoms with Crippen LogP contribution < -0.4 is 9.54 Å². The Balaban J connectivity index is 2.51. The van der Waals surface area contributed by atoms with Crippen LogP contribution in [-0.4, -0.2) is 15.1 Å². The number of nitro benzene ring substituents is 1. The van der Waals surface area contributed by atoms with E-state index in [9.17, 15) is 10.1 Å². The molecule has 0 unspecified atom stereocenters. The first-order chi connectivity index (χ1) is 11.6. The molecule has 0 saturated carbocycles. The minimum Gasteiger partial charge on any atom is -0.472 e. The lowest BCUT2D eigenvalue weighted by atomic mass is 10.2. The fraction of sp³-hybridized carbons (Fsp3) is 0.500. The molecule has 6 nitrogen and oxygen atoms in total. The Morgan fingerprint density at radius 3 is 2.56 bits per heavy atom. The molecule has 1 aromatic heterocycles. The number of aromatic nitrogens is 1. The van der Waals surface area contributed by atoms with Crippen molar-refractivity contribution >= 4 is 22.7 Å². The van der Waals surface area contributed by atoms with Crippen LogP contribution in [0.1, 0.15) is 40.2 Å². The van der Waals surface area contributed by atoms with E-state index in [1.54, 1.807) is 12.1 Å². The Morgan fingerprint density at radius 1 is 1.36 bits per heavy atom. The Bertz CT molecular complexity index is 829. The second kappa shape index (κ2) is 7.39. The number of ether oxygens (including phenoxy) is 1. The highest BCUT2D eigenvalue weighted by Gasteiger charge is 2.17. The van der Waals surface area contributed by atoms with Crippen LogP contribution in [0.5, 0.6) is 5.88 Å². The van der Waals surface area contributed by atoms with Crippen molar-refractivity contribution in [2.24, 2.45) is 10.9 Å². The molecule has 0 N–H and O–H groups in total. The minimum atomic E-state index is -0.393. The third kappa shape index (κ3) is 5.16. The van der Waals surface area contributed by atoms with Gasteiger partial charge in [0.25, 0.3) is 5.69 Å². The van der Waals surface area contributed by atoms with Crippen LogP contribution in [0.4, 0.5) is 11.4 Å². The van der Waals surface area contributed by atoms with Crippen LogP contribution in [0, 0.1) is 23.0 Å². The molecule has 0 aliphatic rings. The monoisotopic (exact) mass is 363 g/mol. The van der Waals surface area contributed by atoms with Crippen molar-refractivity contribution < 1.29 is 9.66 Å². The van der Waals surface area contributed by atoms with Crippen LogP contribution in [0.3, 0.4) is 0 Å². The van der Waals surface area contributed by atoms with E-state index in [2.05, 4.69) is 18.4 Å². The topological polar surface area (TPSA) is 69.7 Å². The predicted molar refractivity (Wildman–Crippen MR) is 101 cm³/mol. The summed E-state index contributed by atoms with van der Waals surface area (Å²) in [5.74, 6) is 1.23. The number of hydrogen-bond acceptors (Lipinski definition) is 5. The predicted octanol–water partition coefficient (Wildman–Crippen LogP) is 4.83. The van der Waals surface area contributed by atoms with Gasteiger partial charge in [-0.1, -0.05) is 13.8 Å². The van der Waals surface area contributed by atoms with Crippen LogP contribution >= 0.6 is 11.3 Å². The van der Waals surface area contributed by atoms with Crippen LogP contribution in [0.2, 0.25) is 0 Å². The van der Waals surface area contributed by atoms with E-state index < -0.39 is 4.92 Å². The van der Waals surface area contributed by atoms with Crippen molar-refractivity contribution in [3.8, 4) is 5.88 Å². The Morgan fingerprint density at radius 2 is 2.04 bits per heavy atom. The van der Waals surface area contributed by atoms with Crippen molar-refractivity contribution in [3.05, 3.63) is 44.1 Å². The average Bonchev–Trinajstić information content (AvgIpc) is 2.81. The van der Waals surface area contributed by atoms with Gasteiger partial charge in [-0.05, 0) is 45.2 Å². The molecule has 1 heterocycles. The van der Waals surface area contributed by atoms with Crippen molar-refractivity contribution in [1.29, 1.82) is 0 Å². The first-order valence-corrected chi connectivity index (χ1v) is 9.12. The van der Waals surface area contributed by atoms with Gasteiger partial charge < -0.3 is 4.74 Å². The fourth-order valence-corrected chi connectivity index (χ4v) is 3.14. The van der Waals surface area contributed by atoms with E-state index in [0.717, 1.165) is 28.5 Å². The zero-order valence-electron chi connectivity index (χ0n) is 15.6. The van der Waals surface area contributed by atoms with Crippen LogP contribution in [0.25, 0.3) is 0 Å². The van der Waals surface area contributed by atoms with Gasteiger partial charge in [-0.15, -0.1) is 11.3 Å². The van der Waals surface area contributed by atoms with Gasteiger partial charge in [-0.25, -0.2) is 4.99 Å². The van der Waals surface area contributed by atoms with E-state index in [1.165, 1.54) is 17.4 Å². The molecular weight excluding hydrogens is 338 g/mol. The van der Waals surface area contributed by atoms with Gasteiger partial charge in [0.1, 0.15) is 5.60 Å². The summed E-state index contributed by atoms with van der Waals surface area (Å²) in [4.78, 5) is 16.0. The summed E-state index contributed by atoms with van der Waals surface area (Å²) in [5.41, 5.74) is 1.29. The smallest absolute Gasteiger partial charge is 0.269 e. The number of nitro groups is 1. The molecule has 0 spiro atoms. The molecule has 7 heteroatoms. The molecule has 0 radical (unpaired) electrons. The molecule has 0 bridgehead atoms. The van der Waals surface area contributed by atoms with E-state index in [0.29, 0.717) is 5.92 Å². The lowest BCUT2D eigenvalue weighted by Gasteiger charge is -2.22. The molecular formula is C18H25N3O3S. The van der Waals surface area contributed by atoms with E-state index in [1.807, 2.05) is 33.1 Å². The molecule has 0 aliphatic heterocycles. The third-order valence-corrected chi connectivity index (χ3v) is 4.17. The Hall–Kier alpha value is -2.15. The summed E-state index contributed by atoms with van der Waals surface area (Å²) in [6.07, 6.45) is 0. The normalized spacial score (nSPS) is 12.7. The first kappa shape index (κ1) is 19.2. The molecule has 25 heavy (non-hydrogen) atoms. The van der Waals surface area contributed by atoms with E-state index in [4.69, 9.17) is 9.73 Å². The zero-order valence-corrected chi connectivity index (χ0v) is 16.4. The number of aryl methyl sites for hydroxylation is 1. The number of benzene rings is 1. The van der Waals surface area contributed by atoms with E-state index in [-0.39, 0.29) is 11.3 Å². The number of non-ortho nitro benzene ring substituents is 1. The summed E-state index contributed by atoms with van der Waals surface area (Å²) in [6, 6.07) is 4.72. The third-order valence-electron chi connectivity index (χ3n) is 3.33. The summed E-state index contributed by atoms with van der Waals surface area (Å²) >= 11 is 1.51. The zero-order chi connectivity index (χ0) is 18.8. The lowest BCUT2D eigenvalue weighted by molar-refractivity contribution is -0.384. The largest absolute Gasteiger partial charge is 0.472 e. The molecule has 1 aromatic carbocycles. The lowest BCUT2D eigenvalue weighted by Crippen LogP contribution is -2.27. The SMILES string of the molecule is Cc1cc([N+](=O)[O-])ccc1N=c1scc(OC(C)(C)C)n1CC(C)C. The van der Waals surface area contributed by atoms with Crippen LogP contribution in [0.15, 0.2) is 28.6 Å². The number of nitrogens with zero attached hydrogens (tertiary/aromatic N) is 3. The van der Waals surface area contributed by atoms with Gasteiger partial charge >= 0.3 is 0 Å². The Labute approximate surface area is 152 Å². The summed E-state index contributed by atoms with van der Waals surface area (Å²) in [7, 11) is 0. The van der Waals surface area contributed by atoms with Gasteiger partial charge in [-0.2, -0.15) is 0 Å². The Kier molecular flexibility index (Phi) is 5.67. The van der Waals surface area contributed by atoms with Crippen LogP contribution in [-0.2, 0) is 6.54 Å². The molecule has 0 amide bonds. The second-order valence-electron chi connectivity index (χ2n) is 7.42. The molecule has 136 valence electrons. The maximum absolute atomic E-state index is 10.9. The van der Waals surface area contributed by atoms with Crippen molar-refractivity contribution in [3.63, 3.8) is 0 Å². The molecule has 0 atom stereocenters. The number of thiazole rings is 1. The van der Waals surface area contributed by atoms with Gasteiger partial charge in [0.05, 0.1) is 16.0 Å². The van der Waals surface area contributed by atoms with E-state index >= 15 is 0 Å². The minimum absolute atomic E-state index is 0.0782. The van der Waals surface area contributed by atoms with Gasteiger partial charge in [-0.3, -0.25) is 14.7 Å². The summed E-state index contributed by atoms with van der Waals surface area (Å²) < 4.78 is 8.13. The summed E-state index contributed by atoms with van der Waals surface area (Å²) in [6.45, 7) is 13.0. The highest BCUT2D eigenvalue weighted by atomic mass is 32.1. The summed E-state index contributed by atoms with van der Waals surface area (Å²) in [5, 5.41) is 12.9. The van der Waals surface area contributed by atoms with Crippen molar-refractivity contribution in [2.75, 3.05) is 0 Å². The average molecular weight is 363 g/mol. The van der Waals surface area contributed by atoms with Gasteiger partial charge in [0.15, 0.2) is 4.80 Å². The fourth-order valence-electron chi connectivity index (χ4n) is 2.32. The maximum atomic E-state index is 10.9. The first-order valence-electron chi connectivity index (χ1n) is 8.24. The number of rotatable bonds is 5. The van der Waals surface area contributed by atoms with Gasteiger partial charge in [0.2, 0.25) is 5.88 Å². The maximum Gasteiger partial charge on any atom is 0.269 e. The number of hydrogen-bond donors (Lipinski definition) is 0. The molecule has 0 saturated heterocycles. The molecule has 2 rings (SSSR count).